The Kier molecular flexibility index (Phi) is 35.4. The zero-order valence-corrected chi connectivity index (χ0v) is 36.0. The van der Waals surface area contributed by atoms with Crippen molar-refractivity contribution in [3.8, 4) is 0 Å². The molecule has 4 nitrogen and oxygen atoms in total. The smallest absolute Gasteiger partial charge is 0.409 e. The number of hydrogen-bond acceptors (Lipinski definition) is 3. The van der Waals surface area contributed by atoms with Crippen molar-refractivity contribution in [2.45, 2.75) is 187 Å². The molecule has 0 aliphatic rings. The number of carbonyl (C=O) groups is 1. The third-order valence-electron chi connectivity index (χ3n) is 10.5. The van der Waals surface area contributed by atoms with E-state index in [0.717, 1.165) is 37.4 Å². The number of likely N-dealkylation sites (N-methyl/N-ethyl adjacent to an activating group) is 2. The summed E-state index contributed by atoms with van der Waals surface area (Å²) in [5, 5.41) is 0. The van der Waals surface area contributed by atoms with Crippen LogP contribution in [0.3, 0.4) is 0 Å². The van der Waals surface area contributed by atoms with E-state index in [0.29, 0.717) is 13.2 Å². The summed E-state index contributed by atoms with van der Waals surface area (Å²) in [6.45, 7) is 7.54. The van der Waals surface area contributed by atoms with Gasteiger partial charge >= 0.3 is 6.09 Å². The molecule has 1 amide bonds. The molecule has 0 atom stereocenters. The van der Waals surface area contributed by atoms with Gasteiger partial charge in [-0.2, -0.15) is 0 Å². The molecule has 0 saturated carbocycles. The summed E-state index contributed by atoms with van der Waals surface area (Å²) in [5.41, 5.74) is 1.02. The molecule has 4 heteroatoms. The highest BCUT2D eigenvalue weighted by atomic mass is 16.6. The summed E-state index contributed by atoms with van der Waals surface area (Å²) in [7, 11) is 4.08. The number of amides is 1. The second kappa shape index (κ2) is 38.7. The maximum absolute atomic E-state index is 12.6. The van der Waals surface area contributed by atoms with Crippen molar-refractivity contribution < 1.29 is 9.53 Å². The highest BCUT2D eigenvalue weighted by molar-refractivity contribution is 5.67. The first kappa shape index (κ1) is 49.4. The number of benzene rings is 1. The third kappa shape index (κ3) is 32.8. The van der Waals surface area contributed by atoms with Gasteiger partial charge in [0.25, 0.3) is 0 Å². The second-order valence-electron chi connectivity index (χ2n) is 15.8. The lowest BCUT2D eigenvalue weighted by Gasteiger charge is -2.26. The van der Waals surface area contributed by atoms with Gasteiger partial charge in [0.2, 0.25) is 0 Å². The predicted molar refractivity (Wildman–Crippen MR) is 238 cm³/mol. The molecule has 0 N–H and O–H groups in total. The molecule has 1 rings (SSSR count). The molecule has 0 fully saturated rings. The SMILES string of the molecule is CCCCC/C=C\C/C=C\CCCCCCCCC(CCCCCCCC/C=C\C/C=C\CCCCC)CN(C)CCN(C)C(=O)OCc1ccccc1. The Morgan fingerprint density at radius 2 is 0.981 bits per heavy atom. The first-order valence-corrected chi connectivity index (χ1v) is 22.8. The minimum absolute atomic E-state index is 0.244. The first-order valence-electron chi connectivity index (χ1n) is 22.8. The van der Waals surface area contributed by atoms with E-state index in [-0.39, 0.29) is 6.09 Å². The van der Waals surface area contributed by atoms with E-state index in [2.05, 4.69) is 74.4 Å². The number of nitrogens with zero attached hydrogens (tertiary/aromatic N) is 2. The van der Waals surface area contributed by atoms with Gasteiger partial charge in [-0.1, -0.05) is 183 Å². The van der Waals surface area contributed by atoms with E-state index in [1.54, 1.807) is 4.90 Å². The van der Waals surface area contributed by atoms with Crippen molar-refractivity contribution in [2.75, 3.05) is 33.7 Å². The molecule has 54 heavy (non-hydrogen) atoms. The minimum atomic E-state index is -0.244. The number of allylic oxidation sites excluding steroid dienone is 8. The summed E-state index contributed by atoms with van der Waals surface area (Å²) in [6, 6.07) is 9.92. The fourth-order valence-electron chi connectivity index (χ4n) is 6.94. The van der Waals surface area contributed by atoms with Crippen LogP contribution in [0.1, 0.15) is 186 Å². The standard InChI is InChI=1S/C50H86N2O2/c1-5-7-9-11-13-15-17-19-21-23-25-27-29-31-33-36-40-48(41-37-34-32-30-28-26-24-22-20-18-16-14-12-10-8-6-2)46-51(3)44-45-52(4)50(53)54-47-49-42-38-35-39-43-49/h13-16,19-22,35,38-39,42-43,48H,5-12,17-18,23-34,36-37,40-41,44-47H2,1-4H3/b15-13-,16-14-,21-19-,22-20-. The van der Waals surface area contributed by atoms with E-state index in [1.807, 2.05) is 37.4 Å². The van der Waals surface area contributed by atoms with Gasteiger partial charge in [0.1, 0.15) is 6.61 Å². The summed E-state index contributed by atoms with van der Waals surface area (Å²) < 4.78 is 5.54. The molecular formula is C50H86N2O2. The molecule has 1 aromatic rings. The van der Waals surface area contributed by atoms with Gasteiger partial charge in [0.15, 0.2) is 0 Å². The number of hydrogen-bond donors (Lipinski definition) is 0. The Morgan fingerprint density at radius 1 is 0.556 bits per heavy atom. The molecule has 0 spiro atoms. The predicted octanol–water partition coefficient (Wildman–Crippen LogP) is 15.2. The van der Waals surface area contributed by atoms with Gasteiger partial charge in [-0.05, 0) is 95.6 Å². The van der Waals surface area contributed by atoms with Crippen LogP contribution in [-0.4, -0.2) is 49.6 Å². The minimum Gasteiger partial charge on any atom is -0.445 e. The lowest BCUT2D eigenvalue weighted by Crippen LogP contribution is -2.36. The number of rotatable bonds is 37. The normalized spacial score (nSPS) is 12.2. The lowest BCUT2D eigenvalue weighted by molar-refractivity contribution is 0.100. The maximum atomic E-state index is 12.6. The number of unbranched alkanes of at least 4 members (excludes halogenated alkanes) is 18. The Morgan fingerprint density at radius 3 is 1.44 bits per heavy atom. The second-order valence-corrected chi connectivity index (χ2v) is 15.8. The zero-order chi connectivity index (χ0) is 39.0. The molecular weight excluding hydrogens is 661 g/mol. The van der Waals surface area contributed by atoms with Crippen LogP contribution in [0.5, 0.6) is 0 Å². The summed E-state index contributed by atoms with van der Waals surface area (Å²) >= 11 is 0. The molecule has 0 heterocycles. The zero-order valence-electron chi connectivity index (χ0n) is 36.0. The van der Waals surface area contributed by atoms with Gasteiger partial charge in [0.05, 0.1) is 0 Å². The lowest BCUT2D eigenvalue weighted by atomic mass is 9.93. The van der Waals surface area contributed by atoms with Gasteiger partial charge in [0, 0.05) is 26.7 Å². The summed E-state index contributed by atoms with van der Waals surface area (Å²) in [6.07, 6.45) is 52.6. The molecule has 0 saturated heterocycles. The van der Waals surface area contributed by atoms with Crippen molar-refractivity contribution in [1.29, 1.82) is 0 Å². The summed E-state index contributed by atoms with van der Waals surface area (Å²) in [4.78, 5) is 16.7. The van der Waals surface area contributed by atoms with Crippen molar-refractivity contribution in [3.05, 3.63) is 84.5 Å². The van der Waals surface area contributed by atoms with Crippen LogP contribution < -0.4 is 0 Å². The average Bonchev–Trinajstić information content (AvgIpc) is 3.18. The van der Waals surface area contributed by atoms with Crippen LogP contribution in [0.2, 0.25) is 0 Å². The van der Waals surface area contributed by atoms with Gasteiger partial charge < -0.3 is 14.5 Å². The van der Waals surface area contributed by atoms with Crippen molar-refractivity contribution in [3.63, 3.8) is 0 Å². The third-order valence-corrected chi connectivity index (χ3v) is 10.5. The van der Waals surface area contributed by atoms with E-state index in [9.17, 15) is 4.79 Å². The van der Waals surface area contributed by atoms with Crippen molar-refractivity contribution in [2.24, 2.45) is 5.92 Å². The molecule has 1 aromatic carbocycles. The van der Waals surface area contributed by atoms with E-state index in [1.165, 1.54) is 154 Å². The van der Waals surface area contributed by atoms with Gasteiger partial charge in [-0.3, -0.25) is 0 Å². The molecule has 0 bridgehead atoms. The average molecular weight is 747 g/mol. The Bertz CT molecular complexity index is 1010. The van der Waals surface area contributed by atoms with E-state index < -0.39 is 0 Å². The number of carbonyl (C=O) groups excluding carboxylic acids is 1. The highest BCUT2D eigenvalue weighted by Crippen LogP contribution is 2.21. The Balaban J connectivity index is 2.31. The fraction of sp³-hybridized carbons (Fsp3) is 0.700. The topological polar surface area (TPSA) is 32.8 Å². The van der Waals surface area contributed by atoms with E-state index in [4.69, 9.17) is 4.74 Å². The van der Waals surface area contributed by atoms with Crippen LogP contribution in [-0.2, 0) is 11.3 Å². The van der Waals surface area contributed by atoms with Crippen LogP contribution >= 0.6 is 0 Å². The Hall–Kier alpha value is -2.59. The van der Waals surface area contributed by atoms with Crippen molar-refractivity contribution >= 4 is 6.09 Å². The van der Waals surface area contributed by atoms with Gasteiger partial charge in [-0.25, -0.2) is 4.79 Å². The molecule has 0 unspecified atom stereocenters. The van der Waals surface area contributed by atoms with Crippen molar-refractivity contribution in [1.82, 2.24) is 9.80 Å². The molecule has 0 aliphatic carbocycles. The van der Waals surface area contributed by atoms with Crippen LogP contribution in [0, 0.1) is 5.92 Å². The molecule has 0 aliphatic heterocycles. The molecule has 0 aromatic heterocycles. The van der Waals surface area contributed by atoms with E-state index >= 15 is 0 Å². The monoisotopic (exact) mass is 747 g/mol. The highest BCUT2D eigenvalue weighted by Gasteiger charge is 2.15. The van der Waals surface area contributed by atoms with Gasteiger partial charge in [-0.15, -0.1) is 0 Å². The maximum Gasteiger partial charge on any atom is 0.409 e. The largest absolute Gasteiger partial charge is 0.445 e. The molecule has 0 radical (unpaired) electrons. The van der Waals surface area contributed by atoms with Crippen LogP contribution in [0.4, 0.5) is 4.79 Å². The van der Waals surface area contributed by atoms with Crippen LogP contribution in [0.25, 0.3) is 0 Å². The quantitative estimate of drug-likeness (QED) is 0.0502. The molecule has 308 valence electrons. The summed E-state index contributed by atoms with van der Waals surface area (Å²) in [5.74, 6) is 0.738. The van der Waals surface area contributed by atoms with Crippen LogP contribution in [0.15, 0.2) is 78.9 Å². The first-order chi connectivity index (χ1) is 26.6. The Labute approximate surface area is 336 Å². The number of ether oxygens (including phenoxy) is 1. The fourth-order valence-corrected chi connectivity index (χ4v) is 6.94.